The third kappa shape index (κ3) is 4.15. The predicted molar refractivity (Wildman–Crippen MR) is 92.9 cm³/mol. The van der Waals surface area contributed by atoms with Gasteiger partial charge in [0.15, 0.2) is 0 Å². The Bertz CT molecular complexity index is 470. The van der Waals surface area contributed by atoms with Gasteiger partial charge < -0.3 is 9.80 Å². The van der Waals surface area contributed by atoms with Crippen LogP contribution in [0.25, 0.3) is 0 Å². The van der Waals surface area contributed by atoms with Gasteiger partial charge in [0, 0.05) is 33.1 Å². The fourth-order valence-electron chi connectivity index (χ4n) is 4.42. The van der Waals surface area contributed by atoms with Gasteiger partial charge in [-0.25, -0.2) is 0 Å². The molecule has 0 atom stereocenters. The highest BCUT2D eigenvalue weighted by Gasteiger charge is 2.42. The van der Waals surface area contributed by atoms with Crippen LogP contribution in [0.5, 0.6) is 0 Å². The minimum absolute atomic E-state index is 0.0883. The van der Waals surface area contributed by atoms with Crippen LogP contribution >= 0.6 is 0 Å². The summed E-state index contributed by atoms with van der Waals surface area (Å²) in [7, 11) is 0. The maximum atomic E-state index is 12.5. The third-order valence-electron chi connectivity index (χ3n) is 5.79. The summed E-state index contributed by atoms with van der Waals surface area (Å²) >= 11 is 0. The molecule has 130 valence electrons. The molecule has 0 radical (unpaired) electrons. The normalized spacial score (nSPS) is 24.9. The Balaban J connectivity index is 1.99. The van der Waals surface area contributed by atoms with E-state index < -0.39 is 0 Å². The molecule has 1 saturated carbocycles. The first kappa shape index (κ1) is 18.0. The van der Waals surface area contributed by atoms with Crippen molar-refractivity contribution in [2.75, 3.05) is 26.2 Å². The maximum absolute atomic E-state index is 12.5. The van der Waals surface area contributed by atoms with Gasteiger partial charge in [0.2, 0.25) is 11.8 Å². The number of carbonyl (C=O) groups is 2. The minimum Gasteiger partial charge on any atom is -0.339 e. The second-order valence-corrected chi connectivity index (χ2v) is 8.50. The summed E-state index contributed by atoms with van der Waals surface area (Å²) in [6, 6.07) is 0. The van der Waals surface area contributed by atoms with E-state index in [0.29, 0.717) is 32.1 Å². The highest BCUT2D eigenvalue weighted by molar-refractivity contribution is 5.88. The quantitative estimate of drug-likeness (QED) is 0.734. The molecule has 0 unspecified atom stereocenters. The fourth-order valence-corrected chi connectivity index (χ4v) is 4.42. The van der Waals surface area contributed by atoms with Crippen LogP contribution in [0.2, 0.25) is 0 Å². The molecule has 0 aromatic rings. The molecule has 0 N–H and O–H groups in total. The number of allylic oxidation sites excluding steroid dienone is 1. The van der Waals surface area contributed by atoms with Crippen LogP contribution in [0.1, 0.15) is 53.9 Å². The zero-order chi connectivity index (χ0) is 17.3. The van der Waals surface area contributed by atoms with E-state index in [9.17, 15) is 9.59 Å². The summed E-state index contributed by atoms with van der Waals surface area (Å²) in [5, 5.41) is 0. The summed E-state index contributed by atoms with van der Waals surface area (Å²) in [5.74, 6) is 0.606. The van der Waals surface area contributed by atoms with Crippen LogP contribution in [-0.4, -0.2) is 47.8 Å². The van der Waals surface area contributed by atoms with Crippen molar-refractivity contribution >= 4 is 11.8 Å². The van der Waals surface area contributed by atoms with E-state index in [-0.39, 0.29) is 22.6 Å². The van der Waals surface area contributed by atoms with Crippen LogP contribution in [0.3, 0.4) is 0 Å². The molecule has 4 heteroatoms. The van der Waals surface area contributed by atoms with Gasteiger partial charge in [0.25, 0.3) is 0 Å². The Morgan fingerprint density at radius 3 is 1.87 bits per heavy atom. The SMILES string of the molecule is CC(=O)N1CCN(C(=O)/C=C/C2C(C)(C)CCCC2(C)C)CC1. The largest absolute Gasteiger partial charge is 0.339 e. The van der Waals surface area contributed by atoms with Gasteiger partial charge in [0.05, 0.1) is 0 Å². The number of carbonyl (C=O) groups excluding carboxylic acids is 2. The molecular formula is C19H32N2O2. The van der Waals surface area contributed by atoms with E-state index >= 15 is 0 Å². The van der Waals surface area contributed by atoms with Gasteiger partial charge in [-0.3, -0.25) is 9.59 Å². The van der Waals surface area contributed by atoms with Gasteiger partial charge in [-0.05, 0) is 35.7 Å². The molecule has 4 nitrogen and oxygen atoms in total. The van der Waals surface area contributed by atoms with Crippen LogP contribution in [0.4, 0.5) is 0 Å². The van der Waals surface area contributed by atoms with Gasteiger partial charge >= 0.3 is 0 Å². The van der Waals surface area contributed by atoms with E-state index in [1.54, 1.807) is 17.9 Å². The Morgan fingerprint density at radius 1 is 0.913 bits per heavy atom. The molecule has 0 spiro atoms. The lowest BCUT2D eigenvalue weighted by atomic mass is 9.57. The van der Waals surface area contributed by atoms with E-state index in [0.717, 1.165) is 0 Å². The molecule has 1 aliphatic heterocycles. The van der Waals surface area contributed by atoms with E-state index in [1.165, 1.54) is 19.3 Å². The highest BCUT2D eigenvalue weighted by Crippen LogP contribution is 2.51. The Kier molecular flexibility index (Phi) is 5.22. The lowest BCUT2D eigenvalue weighted by Crippen LogP contribution is -2.49. The predicted octanol–water partition coefficient (Wildman–Crippen LogP) is 3.09. The number of piperazine rings is 1. The standard InChI is InChI=1S/C19H32N2O2/c1-15(22)20-11-13-21(14-12-20)17(23)8-7-16-18(2,3)9-6-10-19(16,4)5/h7-8,16H,6,9-14H2,1-5H3/b8-7+. The van der Waals surface area contributed by atoms with Gasteiger partial charge in [0.1, 0.15) is 0 Å². The van der Waals surface area contributed by atoms with Crippen LogP contribution in [0, 0.1) is 16.7 Å². The molecule has 1 heterocycles. The second-order valence-electron chi connectivity index (χ2n) is 8.50. The molecule has 0 bridgehead atoms. The number of nitrogens with zero attached hydrogens (tertiary/aromatic N) is 2. The van der Waals surface area contributed by atoms with Crippen molar-refractivity contribution in [1.82, 2.24) is 9.80 Å². The summed E-state index contributed by atoms with van der Waals surface area (Å²) in [4.78, 5) is 27.5. The van der Waals surface area contributed by atoms with Crippen molar-refractivity contribution in [3.8, 4) is 0 Å². The van der Waals surface area contributed by atoms with Crippen LogP contribution < -0.4 is 0 Å². The van der Waals surface area contributed by atoms with Gasteiger partial charge in [-0.2, -0.15) is 0 Å². The summed E-state index contributed by atoms with van der Waals surface area (Å²) < 4.78 is 0. The third-order valence-corrected chi connectivity index (χ3v) is 5.79. The van der Waals surface area contributed by atoms with Crippen molar-refractivity contribution < 1.29 is 9.59 Å². The lowest BCUT2D eigenvalue weighted by molar-refractivity contribution is -0.135. The fraction of sp³-hybridized carbons (Fsp3) is 0.789. The van der Waals surface area contributed by atoms with Crippen LogP contribution in [0.15, 0.2) is 12.2 Å². The van der Waals surface area contributed by atoms with Crippen molar-refractivity contribution in [3.05, 3.63) is 12.2 Å². The Morgan fingerprint density at radius 2 is 1.39 bits per heavy atom. The molecule has 2 rings (SSSR count). The van der Waals surface area contributed by atoms with Gasteiger partial charge in [-0.1, -0.05) is 40.2 Å². The summed E-state index contributed by atoms with van der Waals surface area (Å²) in [6.07, 6.45) is 7.64. The van der Waals surface area contributed by atoms with Crippen molar-refractivity contribution in [2.45, 2.75) is 53.9 Å². The molecule has 0 aromatic heterocycles. The zero-order valence-corrected chi connectivity index (χ0v) is 15.4. The molecule has 1 aliphatic carbocycles. The molecule has 23 heavy (non-hydrogen) atoms. The number of hydrogen-bond acceptors (Lipinski definition) is 2. The average Bonchev–Trinajstić information content (AvgIpc) is 2.45. The van der Waals surface area contributed by atoms with Crippen molar-refractivity contribution in [1.29, 1.82) is 0 Å². The summed E-state index contributed by atoms with van der Waals surface area (Å²) in [6.45, 7) is 13.4. The average molecular weight is 320 g/mol. The number of hydrogen-bond donors (Lipinski definition) is 0. The lowest BCUT2D eigenvalue weighted by Gasteiger charge is -2.48. The Hall–Kier alpha value is -1.32. The van der Waals surface area contributed by atoms with Crippen molar-refractivity contribution in [3.63, 3.8) is 0 Å². The molecule has 2 fully saturated rings. The van der Waals surface area contributed by atoms with E-state index in [4.69, 9.17) is 0 Å². The van der Waals surface area contributed by atoms with Crippen molar-refractivity contribution in [2.24, 2.45) is 16.7 Å². The smallest absolute Gasteiger partial charge is 0.246 e. The molecule has 0 aromatic carbocycles. The first-order valence-electron chi connectivity index (χ1n) is 8.86. The molecule has 1 saturated heterocycles. The molecular weight excluding hydrogens is 288 g/mol. The first-order valence-corrected chi connectivity index (χ1v) is 8.86. The second kappa shape index (κ2) is 6.66. The van der Waals surface area contributed by atoms with Crippen LogP contribution in [-0.2, 0) is 9.59 Å². The molecule has 2 aliphatic rings. The molecule has 2 amide bonds. The summed E-state index contributed by atoms with van der Waals surface area (Å²) in [5.41, 5.74) is 0.484. The number of rotatable bonds is 2. The monoisotopic (exact) mass is 320 g/mol. The van der Waals surface area contributed by atoms with Gasteiger partial charge in [-0.15, -0.1) is 0 Å². The highest BCUT2D eigenvalue weighted by atomic mass is 16.2. The first-order chi connectivity index (χ1) is 10.6. The zero-order valence-electron chi connectivity index (χ0n) is 15.4. The van der Waals surface area contributed by atoms with E-state index in [1.807, 2.05) is 4.90 Å². The topological polar surface area (TPSA) is 40.6 Å². The maximum Gasteiger partial charge on any atom is 0.246 e. The minimum atomic E-state index is 0.0883. The number of amides is 2. The van der Waals surface area contributed by atoms with E-state index in [2.05, 4.69) is 33.8 Å². The Labute approximate surface area is 140 Å².